The minimum absolute atomic E-state index is 0.866. The Morgan fingerprint density at radius 1 is 1.33 bits per heavy atom. The van der Waals surface area contributed by atoms with E-state index in [9.17, 15) is 0 Å². The predicted octanol–water partition coefficient (Wildman–Crippen LogP) is 1.82. The molecule has 0 nitrogen and oxygen atoms in total. The third-order valence-corrected chi connectivity index (χ3v) is 3.61. The molecule has 0 unspecified atom stereocenters. The van der Waals surface area contributed by atoms with Crippen molar-refractivity contribution in [2.24, 2.45) is 0 Å². The van der Waals surface area contributed by atoms with Gasteiger partial charge in [-0.25, -0.2) is 0 Å². The maximum absolute atomic E-state index is 5.54. The summed E-state index contributed by atoms with van der Waals surface area (Å²) in [6, 6.07) is 0. The number of halogens is 1. The number of hydrogen-bond acceptors (Lipinski definition) is 0. The van der Waals surface area contributed by atoms with Crippen LogP contribution in [0.1, 0.15) is 0 Å². The molecule has 0 aromatic heterocycles. The summed E-state index contributed by atoms with van der Waals surface area (Å²) in [7, 11) is -0.866. The van der Waals surface area contributed by atoms with E-state index < -0.39 is 7.26 Å². The summed E-state index contributed by atoms with van der Waals surface area (Å²) in [4.78, 5) is 0. The van der Waals surface area contributed by atoms with Gasteiger partial charge < -0.3 is 0 Å². The molecule has 0 bridgehead atoms. The molecule has 0 N–H and O–H groups in total. The molecule has 0 rings (SSSR count). The van der Waals surface area contributed by atoms with Crippen LogP contribution in [-0.2, 0) is 0 Å². The Balaban J connectivity index is 3.17. The number of hydrogen-bond donors (Lipinski definition) is 0. The summed E-state index contributed by atoms with van der Waals surface area (Å²) < 4.78 is 0. The van der Waals surface area contributed by atoms with Gasteiger partial charge in [-0.15, -0.1) is 0 Å². The van der Waals surface area contributed by atoms with Crippen molar-refractivity contribution in [1.82, 2.24) is 0 Å². The van der Waals surface area contributed by atoms with Crippen molar-refractivity contribution in [2.75, 3.05) is 25.6 Å². The molecule has 40 valence electrons. The zero-order chi connectivity index (χ0) is 5.21. The Labute approximate surface area is 45.2 Å². The van der Waals surface area contributed by atoms with Crippen LogP contribution in [0.2, 0.25) is 0 Å². The van der Waals surface area contributed by atoms with E-state index in [-0.39, 0.29) is 0 Å². The van der Waals surface area contributed by atoms with Crippen LogP contribution in [-0.4, -0.2) is 25.6 Å². The van der Waals surface area contributed by atoms with Crippen LogP contribution in [0, 0.1) is 0 Å². The SMILES string of the molecule is C[PH](C)(C)CCl. The van der Waals surface area contributed by atoms with Gasteiger partial charge in [-0.05, 0) is 0 Å². The van der Waals surface area contributed by atoms with Crippen LogP contribution < -0.4 is 0 Å². The first-order valence-electron chi connectivity index (χ1n) is 2.12. The molecular weight excluding hydrogens is 114 g/mol. The van der Waals surface area contributed by atoms with E-state index >= 15 is 0 Å². The summed E-state index contributed by atoms with van der Waals surface area (Å²) >= 11 is 5.54. The average molecular weight is 127 g/mol. The topological polar surface area (TPSA) is 0 Å². The number of rotatable bonds is 1. The molecule has 0 amide bonds. The molecule has 0 aliphatic carbocycles. The second kappa shape index (κ2) is 2.14. The van der Waals surface area contributed by atoms with Crippen molar-refractivity contribution in [3.05, 3.63) is 0 Å². The first-order chi connectivity index (χ1) is 2.56. The van der Waals surface area contributed by atoms with Crippen molar-refractivity contribution in [3.63, 3.8) is 0 Å². The second-order valence-electron chi connectivity index (χ2n) is 2.69. The van der Waals surface area contributed by atoms with Crippen LogP contribution in [0.4, 0.5) is 0 Å². The van der Waals surface area contributed by atoms with Crippen molar-refractivity contribution >= 4 is 18.9 Å². The van der Waals surface area contributed by atoms with E-state index in [0.717, 1.165) is 5.62 Å². The quantitative estimate of drug-likeness (QED) is 0.372. The molecule has 0 aliphatic heterocycles. The first kappa shape index (κ1) is 6.72. The zero-order valence-electron chi connectivity index (χ0n) is 4.59. The molecular formula is C4H12ClP. The zero-order valence-corrected chi connectivity index (χ0v) is 6.34. The monoisotopic (exact) mass is 126 g/mol. The molecule has 0 heterocycles. The summed E-state index contributed by atoms with van der Waals surface area (Å²) in [6.07, 6.45) is 0. The fourth-order valence-electron chi connectivity index (χ4n) is 0. The van der Waals surface area contributed by atoms with Gasteiger partial charge in [-0.2, -0.15) is 0 Å². The summed E-state index contributed by atoms with van der Waals surface area (Å²) in [5.41, 5.74) is 0.882. The molecule has 0 aromatic carbocycles. The van der Waals surface area contributed by atoms with E-state index in [1.165, 1.54) is 0 Å². The molecule has 0 aromatic rings. The Hall–Kier alpha value is 0.720. The van der Waals surface area contributed by atoms with Crippen LogP contribution in [0.3, 0.4) is 0 Å². The Morgan fingerprint density at radius 3 is 1.50 bits per heavy atom. The average Bonchev–Trinajstić information content (AvgIpc) is 1.35. The van der Waals surface area contributed by atoms with Gasteiger partial charge in [0.2, 0.25) is 0 Å². The third-order valence-electron chi connectivity index (χ3n) is 0.401. The molecule has 2 heteroatoms. The predicted molar refractivity (Wildman–Crippen MR) is 36.8 cm³/mol. The van der Waals surface area contributed by atoms with E-state index in [4.69, 9.17) is 11.6 Å². The summed E-state index contributed by atoms with van der Waals surface area (Å²) in [5, 5.41) is 0. The molecule has 0 spiro atoms. The Kier molecular flexibility index (Phi) is 2.39. The van der Waals surface area contributed by atoms with Crippen molar-refractivity contribution in [3.8, 4) is 0 Å². The Bertz CT molecular complexity index is 37.3. The molecule has 0 fully saturated rings. The molecule has 0 radical (unpaired) electrons. The molecule has 0 saturated heterocycles. The van der Waals surface area contributed by atoms with Gasteiger partial charge >= 0.3 is 44.5 Å². The first-order valence-corrected chi connectivity index (χ1v) is 6.36. The van der Waals surface area contributed by atoms with Gasteiger partial charge in [0.05, 0.1) is 0 Å². The normalized spacial score (nSPS) is 14.7. The number of alkyl halides is 1. The standard InChI is InChI=1S/C4H12ClP/c1-6(2,3)4-5/h6H,4H2,1-3H3. The van der Waals surface area contributed by atoms with E-state index in [0.29, 0.717) is 0 Å². The van der Waals surface area contributed by atoms with Gasteiger partial charge in [0, 0.05) is 0 Å². The minimum atomic E-state index is -0.866. The van der Waals surface area contributed by atoms with E-state index in [1.54, 1.807) is 0 Å². The van der Waals surface area contributed by atoms with Crippen molar-refractivity contribution < 1.29 is 0 Å². The maximum atomic E-state index is 5.54. The summed E-state index contributed by atoms with van der Waals surface area (Å²) in [5.74, 6) is 0. The van der Waals surface area contributed by atoms with Crippen LogP contribution in [0.15, 0.2) is 0 Å². The second-order valence-corrected chi connectivity index (χ2v) is 8.88. The fourth-order valence-corrected chi connectivity index (χ4v) is 0. The van der Waals surface area contributed by atoms with Crippen molar-refractivity contribution in [1.29, 1.82) is 0 Å². The molecule has 0 saturated carbocycles. The van der Waals surface area contributed by atoms with E-state index in [1.807, 2.05) is 0 Å². The van der Waals surface area contributed by atoms with Gasteiger partial charge in [0.15, 0.2) is 0 Å². The van der Waals surface area contributed by atoms with Gasteiger partial charge in [-0.1, -0.05) is 0 Å². The molecule has 0 atom stereocenters. The van der Waals surface area contributed by atoms with E-state index in [2.05, 4.69) is 20.0 Å². The molecule has 6 heavy (non-hydrogen) atoms. The van der Waals surface area contributed by atoms with Crippen LogP contribution in [0.25, 0.3) is 0 Å². The van der Waals surface area contributed by atoms with Gasteiger partial charge in [-0.3, -0.25) is 0 Å². The third kappa shape index (κ3) is 4.72. The van der Waals surface area contributed by atoms with Crippen molar-refractivity contribution in [2.45, 2.75) is 0 Å². The Morgan fingerprint density at radius 2 is 1.50 bits per heavy atom. The van der Waals surface area contributed by atoms with Crippen LogP contribution >= 0.6 is 18.9 Å². The van der Waals surface area contributed by atoms with Crippen LogP contribution in [0.5, 0.6) is 0 Å². The molecule has 0 aliphatic rings. The van der Waals surface area contributed by atoms with Gasteiger partial charge in [0.1, 0.15) is 0 Å². The summed E-state index contributed by atoms with van der Waals surface area (Å²) in [6.45, 7) is 6.75. The fraction of sp³-hybridized carbons (Fsp3) is 1.00. The van der Waals surface area contributed by atoms with Gasteiger partial charge in [0.25, 0.3) is 0 Å².